The van der Waals surface area contributed by atoms with Crippen LogP contribution < -0.4 is 0 Å². The van der Waals surface area contributed by atoms with E-state index in [1.807, 2.05) is 12.1 Å². The molecule has 122 valence electrons. The molecule has 1 N–H and O–H groups in total. The molecule has 0 aliphatic carbocycles. The molecule has 0 amide bonds. The van der Waals surface area contributed by atoms with Crippen LogP contribution in [0.5, 0.6) is 0 Å². The van der Waals surface area contributed by atoms with Gasteiger partial charge in [-0.1, -0.05) is 0 Å². The molecular weight excluding hydrogens is 371 g/mol. The Labute approximate surface area is 145 Å². The van der Waals surface area contributed by atoms with Gasteiger partial charge in [0.2, 0.25) is 0 Å². The Morgan fingerprint density at radius 3 is 2.75 bits per heavy atom. The van der Waals surface area contributed by atoms with Gasteiger partial charge in [-0.15, -0.1) is 0 Å². The number of furan rings is 1. The summed E-state index contributed by atoms with van der Waals surface area (Å²) < 4.78 is 6.94. The van der Waals surface area contributed by atoms with E-state index in [9.17, 15) is 15.2 Å². The van der Waals surface area contributed by atoms with E-state index >= 15 is 0 Å². The summed E-state index contributed by atoms with van der Waals surface area (Å²) in [6, 6.07) is 7.81. The number of carboxylic acid groups (broad SMARTS) is 1. The van der Waals surface area contributed by atoms with Crippen molar-refractivity contribution < 1.29 is 14.3 Å². The van der Waals surface area contributed by atoms with Gasteiger partial charge < -0.3 is 0 Å². The van der Waals surface area contributed by atoms with Gasteiger partial charge in [-0.25, -0.2) is 0 Å². The predicted octanol–water partition coefficient (Wildman–Crippen LogP) is 3.63. The van der Waals surface area contributed by atoms with Crippen LogP contribution in [0.15, 0.2) is 22.6 Å². The standard InChI is InChI=1S/C18H16N2O3Se/c1-9(2)4-14-7-11-5-12(6-13(8-19)15(11)23-14)17-20-10(3)16(24-17)18(21)22/h5-7,9H,4H2,1-3H3,(H,21,22). The molecule has 0 fully saturated rings. The van der Waals surface area contributed by atoms with Crippen molar-refractivity contribution in [3.63, 3.8) is 0 Å². The van der Waals surface area contributed by atoms with E-state index in [1.165, 1.54) is 0 Å². The zero-order valence-corrected chi connectivity index (χ0v) is 15.3. The summed E-state index contributed by atoms with van der Waals surface area (Å²) in [6.07, 6.45) is 0.809. The molecule has 6 heteroatoms. The summed E-state index contributed by atoms with van der Waals surface area (Å²) in [7, 11) is 0. The molecule has 0 atom stereocenters. The minimum atomic E-state index is -0.921. The van der Waals surface area contributed by atoms with Gasteiger partial charge in [-0.3, -0.25) is 0 Å². The second-order valence-corrected chi connectivity index (χ2v) is 8.20. The molecule has 3 aromatic rings. The average molecular weight is 387 g/mol. The fraction of sp³-hybridized carbons (Fsp3) is 0.278. The molecule has 2 aromatic heterocycles. The van der Waals surface area contributed by atoms with E-state index in [1.54, 1.807) is 13.0 Å². The Balaban J connectivity index is 2.14. The fourth-order valence-electron chi connectivity index (χ4n) is 2.63. The number of carboxylic acids is 1. The molecule has 0 unspecified atom stereocenters. The number of aromatic nitrogens is 1. The molecule has 0 spiro atoms. The number of benzene rings is 1. The maximum atomic E-state index is 11.2. The molecule has 24 heavy (non-hydrogen) atoms. The molecule has 3 rings (SSSR count). The number of hydrogen-bond acceptors (Lipinski definition) is 4. The zero-order valence-electron chi connectivity index (χ0n) is 13.6. The van der Waals surface area contributed by atoms with Crippen molar-refractivity contribution in [3.8, 4) is 16.2 Å². The summed E-state index contributed by atoms with van der Waals surface area (Å²) in [5.74, 6) is 0.395. The van der Waals surface area contributed by atoms with Gasteiger partial charge in [0, 0.05) is 0 Å². The van der Waals surface area contributed by atoms with Gasteiger partial charge in [0.25, 0.3) is 0 Å². The topological polar surface area (TPSA) is 87.1 Å². The molecule has 0 aliphatic rings. The number of nitriles is 1. The zero-order chi connectivity index (χ0) is 17.4. The molecular formula is C18H16N2O3Se. The number of aromatic carboxylic acids is 1. The summed E-state index contributed by atoms with van der Waals surface area (Å²) in [6.45, 7) is 5.93. The van der Waals surface area contributed by atoms with Crippen molar-refractivity contribution in [1.29, 1.82) is 5.26 Å². The molecule has 0 radical (unpaired) electrons. The van der Waals surface area contributed by atoms with Crippen molar-refractivity contribution in [3.05, 3.63) is 39.7 Å². The second-order valence-electron chi connectivity index (χ2n) is 6.10. The van der Waals surface area contributed by atoms with Gasteiger partial charge in [-0.05, 0) is 0 Å². The number of fused-ring (bicyclic) bond motifs is 1. The van der Waals surface area contributed by atoms with Crippen LogP contribution in [0.3, 0.4) is 0 Å². The molecule has 1 aromatic carbocycles. The van der Waals surface area contributed by atoms with Gasteiger partial charge >= 0.3 is 145 Å². The SMILES string of the molecule is Cc1nc(-c2cc(C#N)c3oc(CC(C)C)cc3c2)[se]c1C(=O)O. The third kappa shape index (κ3) is 3.01. The molecule has 0 aliphatic heterocycles. The van der Waals surface area contributed by atoms with E-state index in [0.29, 0.717) is 27.2 Å². The Hall–Kier alpha value is -2.35. The molecule has 5 nitrogen and oxygen atoms in total. The second kappa shape index (κ2) is 6.27. The first-order valence-corrected chi connectivity index (χ1v) is 9.28. The molecule has 0 bridgehead atoms. The molecule has 2 heterocycles. The molecule has 0 saturated carbocycles. The van der Waals surface area contributed by atoms with E-state index in [4.69, 9.17) is 4.42 Å². The van der Waals surface area contributed by atoms with E-state index in [2.05, 4.69) is 24.9 Å². The monoisotopic (exact) mass is 388 g/mol. The average Bonchev–Trinajstić information content (AvgIpc) is 3.08. The van der Waals surface area contributed by atoms with Crippen molar-refractivity contribution in [1.82, 2.24) is 4.98 Å². The fourth-order valence-corrected chi connectivity index (χ4v) is 4.51. The van der Waals surface area contributed by atoms with Crippen LogP contribution in [0.4, 0.5) is 0 Å². The Morgan fingerprint density at radius 2 is 2.17 bits per heavy atom. The number of nitrogens with zero attached hydrogens (tertiary/aromatic N) is 2. The van der Waals surface area contributed by atoms with Gasteiger partial charge in [-0.2, -0.15) is 0 Å². The van der Waals surface area contributed by atoms with Crippen LogP contribution in [0.1, 0.15) is 40.1 Å². The normalized spacial score (nSPS) is 11.1. The van der Waals surface area contributed by atoms with Crippen molar-refractivity contribution in [2.24, 2.45) is 5.92 Å². The van der Waals surface area contributed by atoms with E-state index < -0.39 is 5.97 Å². The number of hydrogen-bond donors (Lipinski definition) is 1. The van der Waals surface area contributed by atoms with Crippen LogP contribution in [0.25, 0.3) is 21.1 Å². The van der Waals surface area contributed by atoms with Gasteiger partial charge in [0.1, 0.15) is 0 Å². The quantitative estimate of drug-likeness (QED) is 0.691. The van der Waals surface area contributed by atoms with Crippen LogP contribution in [-0.2, 0) is 6.42 Å². The summed E-state index contributed by atoms with van der Waals surface area (Å²) in [5, 5.41) is 19.5. The van der Waals surface area contributed by atoms with Gasteiger partial charge in [0.15, 0.2) is 0 Å². The first kappa shape index (κ1) is 16.5. The van der Waals surface area contributed by atoms with E-state index in [-0.39, 0.29) is 14.5 Å². The Bertz CT molecular complexity index is 976. The summed E-state index contributed by atoms with van der Waals surface area (Å²) in [5.41, 5.74) is 2.39. The van der Waals surface area contributed by atoms with Crippen LogP contribution in [0, 0.1) is 24.2 Å². The van der Waals surface area contributed by atoms with E-state index in [0.717, 1.165) is 27.7 Å². The van der Waals surface area contributed by atoms with Crippen molar-refractivity contribution in [2.45, 2.75) is 27.2 Å². The van der Waals surface area contributed by atoms with Crippen LogP contribution in [0.2, 0.25) is 0 Å². The van der Waals surface area contributed by atoms with Crippen molar-refractivity contribution in [2.75, 3.05) is 0 Å². The first-order valence-electron chi connectivity index (χ1n) is 7.56. The minimum absolute atomic E-state index is 0.360. The third-order valence-corrected chi connectivity index (χ3v) is 6.14. The summed E-state index contributed by atoms with van der Waals surface area (Å²) >= 11 is -0.360. The Morgan fingerprint density at radius 1 is 1.42 bits per heavy atom. The molecule has 0 saturated heterocycles. The van der Waals surface area contributed by atoms with Crippen LogP contribution >= 0.6 is 0 Å². The van der Waals surface area contributed by atoms with Gasteiger partial charge in [0.05, 0.1) is 0 Å². The van der Waals surface area contributed by atoms with Crippen LogP contribution in [-0.4, -0.2) is 30.6 Å². The number of aryl methyl sites for hydroxylation is 1. The summed E-state index contributed by atoms with van der Waals surface area (Å²) in [4.78, 5) is 15.6. The third-order valence-electron chi connectivity index (χ3n) is 3.63. The number of rotatable bonds is 4. The number of carbonyl (C=O) groups is 1. The van der Waals surface area contributed by atoms with Crippen molar-refractivity contribution >= 4 is 31.4 Å². The predicted molar refractivity (Wildman–Crippen MR) is 91.3 cm³/mol. The Kier molecular flexibility index (Phi) is 4.31. The first-order chi connectivity index (χ1) is 11.4. The maximum absolute atomic E-state index is 11.2.